The predicted molar refractivity (Wildman–Crippen MR) is 93.1 cm³/mol. The summed E-state index contributed by atoms with van der Waals surface area (Å²) in [4.78, 5) is 30.5. The fraction of sp³-hybridized carbons (Fsp3) is 0.316. The summed E-state index contributed by atoms with van der Waals surface area (Å²) >= 11 is 0. The second kappa shape index (κ2) is 9.51. The van der Waals surface area contributed by atoms with Crippen molar-refractivity contribution in [3.63, 3.8) is 0 Å². The number of hydrogen-bond donors (Lipinski definition) is 0. The summed E-state index contributed by atoms with van der Waals surface area (Å²) in [5, 5.41) is 0. The average molecular weight is 312 g/mol. The smallest absolute Gasteiger partial charge is 0.181 e. The third-order valence-electron chi connectivity index (χ3n) is 3.17. The lowest BCUT2D eigenvalue weighted by Gasteiger charge is -2.12. The van der Waals surface area contributed by atoms with Gasteiger partial charge in [-0.3, -0.25) is 14.6 Å². The van der Waals surface area contributed by atoms with Gasteiger partial charge in [-0.15, -0.1) is 0 Å². The summed E-state index contributed by atoms with van der Waals surface area (Å²) in [6, 6.07) is 5.19. The molecule has 1 heterocycles. The molecule has 4 heteroatoms. The number of carbonyl (C=O) groups excluding carboxylic acids is 2. The van der Waals surface area contributed by atoms with Crippen LogP contribution in [-0.4, -0.2) is 35.5 Å². The van der Waals surface area contributed by atoms with E-state index in [0.717, 1.165) is 5.57 Å². The van der Waals surface area contributed by atoms with Gasteiger partial charge in [-0.2, -0.15) is 0 Å². The van der Waals surface area contributed by atoms with E-state index in [0.29, 0.717) is 11.3 Å². The van der Waals surface area contributed by atoms with Crippen LogP contribution in [0, 0.1) is 0 Å². The van der Waals surface area contributed by atoms with Gasteiger partial charge in [0.2, 0.25) is 0 Å². The highest BCUT2D eigenvalue weighted by atomic mass is 16.1. The van der Waals surface area contributed by atoms with Crippen molar-refractivity contribution in [2.75, 3.05) is 14.1 Å². The van der Waals surface area contributed by atoms with Crippen molar-refractivity contribution < 1.29 is 9.59 Å². The number of hydrogen-bond acceptors (Lipinski definition) is 4. The Morgan fingerprint density at radius 3 is 2.43 bits per heavy atom. The van der Waals surface area contributed by atoms with Crippen molar-refractivity contribution in [3.05, 3.63) is 65.7 Å². The second-order valence-electron chi connectivity index (χ2n) is 5.31. The van der Waals surface area contributed by atoms with Gasteiger partial charge in [0.15, 0.2) is 11.6 Å². The summed E-state index contributed by atoms with van der Waals surface area (Å²) in [6.07, 6.45) is 9.40. The van der Waals surface area contributed by atoms with Crippen LogP contribution in [0.25, 0.3) is 0 Å². The lowest BCUT2D eigenvalue weighted by Crippen LogP contribution is -2.11. The average Bonchev–Trinajstić information content (AvgIpc) is 2.53. The monoisotopic (exact) mass is 312 g/mol. The van der Waals surface area contributed by atoms with E-state index in [-0.39, 0.29) is 24.4 Å². The molecule has 0 saturated heterocycles. The van der Waals surface area contributed by atoms with Crippen LogP contribution in [0.2, 0.25) is 0 Å². The number of aromatic nitrogens is 1. The Kier molecular flexibility index (Phi) is 7.67. The number of allylic oxidation sites excluding steroid dienone is 5. The Hall–Kier alpha value is -2.49. The molecule has 0 fully saturated rings. The first-order chi connectivity index (χ1) is 11.0. The number of rotatable bonds is 8. The van der Waals surface area contributed by atoms with Gasteiger partial charge in [0.1, 0.15) is 5.69 Å². The van der Waals surface area contributed by atoms with Gasteiger partial charge in [-0.05, 0) is 26.0 Å². The lowest BCUT2D eigenvalue weighted by atomic mass is 9.97. The van der Waals surface area contributed by atoms with Crippen molar-refractivity contribution in [2.45, 2.75) is 26.7 Å². The highest BCUT2D eigenvalue weighted by Crippen LogP contribution is 2.17. The Morgan fingerprint density at radius 2 is 1.91 bits per heavy atom. The maximum atomic E-state index is 12.5. The van der Waals surface area contributed by atoms with E-state index in [9.17, 15) is 9.59 Å². The molecule has 23 heavy (non-hydrogen) atoms. The summed E-state index contributed by atoms with van der Waals surface area (Å²) in [7, 11) is 3.82. The van der Waals surface area contributed by atoms with Gasteiger partial charge >= 0.3 is 0 Å². The maximum absolute atomic E-state index is 12.5. The van der Waals surface area contributed by atoms with E-state index in [1.807, 2.05) is 51.2 Å². The van der Waals surface area contributed by atoms with Gasteiger partial charge in [0.25, 0.3) is 0 Å². The third kappa shape index (κ3) is 6.02. The van der Waals surface area contributed by atoms with Crippen molar-refractivity contribution in [3.8, 4) is 0 Å². The van der Waals surface area contributed by atoms with Crippen LogP contribution < -0.4 is 0 Å². The summed E-state index contributed by atoms with van der Waals surface area (Å²) in [6.45, 7) is 3.74. The van der Waals surface area contributed by atoms with E-state index < -0.39 is 0 Å². The molecule has 0 aliphatic heterocycles. The van der Waals surface area contributed by atoms with E-state index in [1.165, 1.54) is 0 Å². The molecule has 0 amide bonds. The van der Waals surface area contributed by atoms with E-state index in [4.69, 9.17) is 0 Å². The zero-order valence-corrected chi connectivity index (χ0v) is 14.2. The topological polar surface area (TPSA) is 50.3 Å². The Labute approximate surface area is 138 Å². The molecule has 0 unspecified atom stereocenters. The Morgan fingerprint density at radius 1 is 1.17 bits per heavy atom. The number of nitrogens with zero attached hydrogens (tertiary/aromatic N) is 2. The number of pyridine rings is 1. The maximum Gasteiger partial charge on any atom is 0.181 e. The molecular formula is C19H24N2O2. The fourth-order valence-corrected chi connectivity index (χ4v) is 2.17. The van der Waals surface area contributed by atoms with E-state index in [1.54, 1.807) is 30.5 Å². The Bertz CT molecular complexity index is 626. The minimum atomic E-state index is -0.112. The molecule has 122 valence electrons. The molecular weight excluding hydrogens is 288 g/mol. The van der Waals surface area contributed by atoms with Crippen LogP contribution in [0.5, 0.6) is 0 Å². The molecule has 0 aliphatic carbocycles. The standard InChI is InChI=1S/C19H24N2O2/c1-5-9-15(14-21(3)4)16(6-2)18(22)11-12-19(23)17-10-7-8-13-20-17/h5-10,13-14H,11-12H2,1-4H3/b9-5?,15-14+,16-6+. The van der Waals surface area contributed by atoms with E-state index >= 15 is 0 Å². The minimum Gasteiger partial charge on any atom is -0.383 e. The largest absolute Gasteiger partial charge is 0.383 e. The predicted octanol–water partition coefficient (Wildman–Crippen LogP) is 3.58. The van der Waals surface area contributed by atoms with E-state index in [2.05, 4.69) is 4.98 Å². The van der Waals surface area contributed by atoms with Crippen molar-refractivity contribution in [1.82, 2.24) is 9.88 Å². The highest BCUT2D eigenvalue weighted by molar-refractivity contribution is 6.03. The van der Waals surface area contributed by atoms with Gasteiger partial charge < -0.3 is 4.90 Å². The van der Waals surface area contributed by atoms with Gasteiger partial charge in [-0.1, -0.05) is 24.3 Å². The van der Waals surface area contributed by atoms with Crippen LogP contribution in [0.3, 0.4) is 0 Å². The quantitative estimate of drug-likeness (QED) is 0.418. The minimum absolute atomic E-state index is 0.0389. The number of Topliss-reactive ketones (excluding diaryl/α,β-unsaturated/α-hetero) is 2. The first-order valence-electron chi connectivity index (χ1n) is 7.64. The molecule has 1 rings (SSSR count). The molecule has 0 N–H and O–H groups in total. The third-order valence-corrected chi connectivity index (χ3v) is 3.17. The molecule has 1 aromatic heterocycles. The molecule has 0 spiro atoms. The summed E-state index contributed by atoms with van der Waals surface area (Å²) in [5.41, 5.74) is 1.88. The normalized spacial score (nSPS) is 12.5. The molecule has 0 saturated carbocycles. The second-order valence-corrected chi connectivity index (χ2v) is 5.31. The molecule has 0 atom stereocenters. The molecule has 0 aliphatic rings. The van der Waals surface area contributed by atoms with Crippen molar-refractivity contribution in [1.29, 1.82) is 0 Å². The molecule has 4 nitrogen and oxygen atoms in total. The first-order valence-corrected chi connectivity index (χ1v) is 7.64. The lowest BCUT2D eigenvalue weighted by molar-refractivity contribution is -0.115. The summed E-state index contributed by atoms with van der Waals surface area (Å²) in [5.74, 6) is -0.151. The first kappa shape index (κ1) is 18.6. The van der Waals surface area contributed by atoms with Crippen molar-refractivity contribution in [2.24, 2.45) is 0 Å². The zero-order valence-electron chi connectivity index (χ0n) is 14.2. The van der Waals surface area contributed by atoms with Gasteiger partial charge in [0, 0.05) is 50.5 Å². The molecule has 0 aromatic carbocycles. The van der Waals surface area contributed by atoms with Gasteiger partial charge in [0.05, 0.1) is 0 Å². The fourth-order valence-electron chi connectivity index (χ4n) is 2.17. The van der Waals surface area contributed by atoms with Crippen LogP contribution in [0.4, 0.5) is 0 Å². The SMILES string of the molecule is CC=CC(=C\N(C)C)/C(=C\C)C(=O)CCC(=O)c1ccccn1. The number of ketones is 2. The van der Waals surface area contributed by atoms with Crippen molar-refractivity contribution >= 4 is 11.6 Å². The van der Waals surface area contributed by atoms with Crippen LogP contribution in [0.1, 0.15) is 37.2 Å². The number of carbonyl (C=O) groups is 2. The Balaban J connectivity index is 2.80. The molecule has 0 radical (unpaired) electrons. The summed E-state index contributed by atoms with van der Waals surface area (Å²) < 4.78 is 0. The van der Waals surface area contributed by atoms with Crippen LogP contribution in [0.15, 0.2) is 60.0 Å². The van der Waals surface area contributed by atoms with Gasteiger partial charge in [-0.25, -0.2) is 0 Å². The molecule has 0 bridgehead atoms. The van der Waals surface area contributed by atoms with Crippen LogP contribution in [-0.2, 0) is 4.79 Å². The molecule has 1 aromatic rings. The highest BCUT2D eigenvalue weighted by Gasteiger charge is 2.15. The zero-order chi connectivity index (χ0) is 17.2. The van der Waals surface area contributed by atoms with Crippen LogP contribution >= 0.6 is 0 Å².